The summed E-state index contributed by atoms with van der Waals surface area (Å²) in [5.74, 6) is 1.47. The normalized spacial score (nSPS) is 10.3. The van der Waals surface area contributed by atoms with Gasteiger partial charge in [-0.1, -0.05) is 6.07 Å². The number of hydrogen-bond acceptors (Lipinski definition) is 6. The van der Waals surface area contributed by atoms with E-state index in [2.05, 4.69) is 20.8 Å². The summed E-state index contributed by atoms with van der Waals surface area (Å²) in [5.41, 5.74) is 3.94. The molecule has 3 aromatic rings. The summed E-state index contributed by atoms with van der Waals surface area (Å²) >= 11 is 0. The molecule has 0 spiro atoms. The van der Waals surface area contributed by atoms with Crippen LogP contribution < -0.4 is 20.1 Å². The Morgan fingerprint density at radius 3 is 2.36 bits per heavy atom. The van der Waals surface area contributed by atoms with Crippen LogP contribution >= 0.6 is 0 Å². The highest BCUT2D eigenvalue weighted by Gasteiger charge is 2.11. The summed E-state index contributed by atoms with van der Waals surface area (Å²) in [6.45, 7) is 4.02. The van der Waals surface area contributed by atoms with Crippen molar-refractivity contribution >= 4 is 23.1 Å². The van der Waals surface area contributed by atoms with Gasteiger partial charge in [0.1, 0.15) is 11.5 Å². The van der Waals surface area contributed by atoms with Gasteiger partial charge in [0.15, 0.2) is 11.5 Å². The van der Waals surface area contributed by atoms with E-state index < -0.39 is 0 Å². The van der Waals surface area contributed by atoms with Crippen LogP contribution in [0, 0.1) is 13.8 Å². The number of ether oxygens (including phenoxy) is 2. The zero-order chi connectivity index (χ0) is 20.1. The molecule has 1 aromatic heterocycles. The second-order valence-electron chi connectivity index (χ2n) is 6.25. The molecule has 1 amide bonds. The molecule has 28 heavy (non-hydrogen) atoms. The molecule has 0 saturated heterocycles. The van der Waals surface area contributed by atoms with E-state index in [0.717, 1.165) is 11.3 Å². The molecule has 7 heteroatoms. The Morgan fingerprint density at radius 1 is 0.893 bits per heavy atom. The molecule has 3 rings (SSSR count). The number of methoxy groups -OCH3 is 2. The van der Waals surface area contributed by atoms with E-state index in [9.17, 15) is 4.79 Å². The summed E-state index contributed by atoms with van der Waals surface area (Å²) in [4.78, 5) is 12.4. The summed E-state index contributed by atoms with van der Waals surface area (Å²) in [6, 6.07) is 14.4. The van der Waals surface area contributed by atoms with Gasteiger partial charge in [-0.25, -0.2) is 0 Å². The lowest BCUT2D eigenvalue weighted by atomic mass is 10.1. The van der Waals surface area contributed by atoms with Gasteiger partial charge in [-0.05, 0) is 61.4 Å². The molecule has 0 saturated carbocycles. The molecule has 0 atom stereocenters. The fourth-order valence-electron chi connectivity index (χ4n) is 2.57. The number of carbonyl (C=O) groups is 1. The van der Waals surface area contributed by atoms with E-state index in [1.54, 1.807) is 32.4 Å². The van der Waals surface area contributed by atoms with E-state index in [4.69, 9.17) is 9.47 Å². The van der Waals surface area contributed by atoms with Crippen LogP contribution in [0.25, 0.3) is 0 Å². The molecule has 2 N–H and O–H groups in total. The van der Waals surface area contributed by atoms with Gasteiger partial charge in [0.05, 0.1) is 19.9 Å². The van der Waals surface area contributed by atoms with Crippen LogP contribution in [-0.4, -0.2) is 30.3 Å². The Balaban J connectivity index is 1.71. The smallest absolute Gasteiger partial charge is 0.276 e. The molecule has 144 valence electrons. The molecular formula is C21H22N4O3. The third-order valence-corrected chi connectivity index (χ3v) is 4.33. The molecule has 0 unspecified atom stereocenters. The number of carbonyl (C=O) groups excluding carboxylic acids is 1. The molecule has 0 aliphatic heterocycles. The lowest BCUT2D eigenvalue weighted by molar-refractivity contribution is 0.102. The first-order valence-corrected chi connectivity index (χ1v) is 8.71. The number of aryl methyl sites for hydroxylation is 2. The van der Waals surface area contributed by atoms with Crippen LogP contribution in [-0.2, 0) is 0 Å². The highest BCUT2D eigenvalue weighted by Crippen LogP contribution is 2.30. The first kappa shape index (κ1) is 19.2. The predicted octanol–water partition coefficient (Wildman–Crippen LogP) is 4.11. The van der Waals surface area contributed by atoms with Crippen molar-refractivity contribution < 1.29 is 14.3 Å². The molecule has 2 aromatic carbocycles. The Hall–Kier alpha value is -3.61. The fourth-order valence-corrected chi connectivity index (χ4v) is 2.57. The maximum Gasteiger partial charge on any atom is 0.276 e. The maximum atomic E-state index is 12.4. The Morgan fingerprint density at radius 2 is 1.71 bits per heavy atom. The molecule has 0 aliphatic rings. The lowest BCUT2D eigenvalue weighted by Gasteiger charge is -2.12. The van der Waals surface area contributed by atoms with Crippen LogP contribution in [0.3, 0.4) is 0 Å². The number of nitrogens with one attached hydrogen (secondary N) is 2. The number of benzene rings is 2. The molecule has 0 fully saturated rings. The van der Waals surface area contributed by atoms with E-state index >= 15 is 0 Å². The van der Waals surface area contributed by atoms with Gasteiger partial charge in [-0.3, -0.25) is 4.79 Å². The minimum Gasteiger partial charge on any atom is -0.497 e. The van der Waals surface area contributed by atoms with Crippen molar-refractivity contribution in [3.8, 4) is 11.5 Å². The minimum atomic E-state index is -0.315. The number of amides is 1. The Labute approximate surface area is 163 Å². The van der Waals surface area contributed by atoms with Crippen molar-refractivity contribution in [3.05, 3.63) is 65.4 Å². The minimum absolute atomic E-state index is 0.227. The number of anilines is 3. The van der Waals surface area contributed by atoms with Crippen LogP contribution in [0.5, 0.6) is 11.5 Å². The number of nitrogens with zero attached hydrogens (tertiary/aromatic N) is 2. The van der Waals surface area contributed by atoms with Crippen molar-refractivity contribution in [2.75, 3.05) is 24.9 Å². The number of hydrogen-bond donors (Lipinski definition) is 2. The highest BCUT2D eigenvalue weighted by molar-refractivity contribution is 6.02. The van der Waals surface area contributed by atoms with Crippen molar-refractivity contribution in [1.29, 1.82) is 0 Å². The molecule has 7 nitrogen and oxygen atoms in total. The first-order valence-electron chi connectivity index (χ1n) is 8.71. The lowest BCUT2D eigenvalue weighted by Crippen LogP contribution is -2.14. The summed E-state index contributed by atoms with van der Waals surface area (Å²) in [5, 5.41) is 14.0. The van der Waals surface area contributed by atoms with Crippen LogP contribution in [0.4, 0.5) is 17.2 Å². The predicted molar refractivity (Wildman–Crippen MR) is 109 cm³/mol. The Kier molecular flexibility index (Phi) is 5.74. The maximum absolute atomic E-state index is 12.4. The van der Waals surface area contributed by atoms with Crippen molar-refractivity contribution in [2.24, 2.45) is 0 Å². The number of aromatic nitrogens is 2. The molecule has 0 radical (unpaired) electrons. The average Bonchev–Trinajstić information content (AvgIpc) is 2.71. The highest BCUT2D eigenvalue weighted by atomic mass is 16.5. The first-order chi connectivity index (χ1) is 13.5. The van der Waals surface area contributed by atoms with E-state index in [-0.39, 0.29) is 11.6 Å². The Bertz CT molecular complexity index is 987. The summed E-state index contributed by atoms with van der Waals surface area (Å²) < 4.78 is 10.5. The van der Waals surface area contributed by atoms with Gasteiger partial charge in [0.25, 0.3) is 5.91 Å². The second kappa shape index (κ2) is 8.39. The zero-order valence-electron chi connectivity index (χ0n) is 16.2. The quantitative estimate of drug-likeness (QED) is 0.671. The monoisotopic (exact) mass is 378 g/mol. The van der Waals surface area contributed by atoms with Crippen LogP contribution in [0.15, 0.2) is 48.5 Å². The second-order valence-corrected chi connectivity index (χ2v) is 6.25. The zero-order valence-corrected chi connectivity index (χ0v) is 16.2. The largest absolute Gasteiger partial charge is 0.497 e. The summed E-state index contributed by atoms with van der Waals surface area (Å²) in [7, 11) is 3.17. The van der Waals surface area contributed by atoms with Gasteiger partial charge in [0.2, 0.25) is 0 Å². The standard InChI is InChI=1S/C21H22N4O3/c1-13-5-6-15(11-14(13)2)22-21(26)18-9-10-20(25-24-18)23-17-8-7-16(27-3)12-19(17)28-4/h5-12H,1-4H3,(H,22,26)(H,23,25). The molecule has 0 aliphatic carbocycles. The van der Waals surface area contributed by atoms with Gasteiger partial charge < -0.3 is 20.1 Å². The van der Waals surface area contributed by atoms with E-state index in [0.29, 0.717) is 23.0 Å². The van der Waals surface area contributed by atoms with Gasteiger partial charge >= 0.3 is 0 Å². The van der Waals surface area contributed by atoms with Gasteiger partial charge in [0, 0.05) is 11.8 Å². The third-order valence-electron chi connectivity index (χ3n) is 4.33. The van der Waals surface area contributed by atoms with Crippen LogP contribution in [0.1, 0.15) is 21.6 Å². The molecule has 0 bridgehead atoms. The topological polar surface area (TPSA) is 85.4 Å². The van der Waals surface area contributed by atoms with Gasteiger partial charge in [-0.15, -0.1) is 10.2 Å². The van der Waals surface area contributed by atoms with Crippen molar-refractivity contribution in [3.63, 3.8) is 0 Å². The third kappa shape index (κ3) is 4.37. The average molecular weight is 378 g/mol. The van der Waals surface area contributed by atoms with Crippen LogP contribution in [0.2, 0.25) is 0 Å². The SMILES string of the molecule is COc1ccc(Nc2ccc(C(=O)Nc3ccc(C)c(C)c3)nn2)c(OC)c1. The van der Waals surface area contributed by atoms with Gasteiger partial charge in [-0.2, -0.15) is 0 Å². The molecule has 1 heterocycles. The fraction of sp³-hybridized carbons (Fsp3) is 0.190. The summed E-state index contributed by atoms with van der Waals surface area (Å²) in [6.07, 6.45) is 0. The van der Waals surface area contributed by atoms with Crippen molar-refractivity contribution in [1.82, 2.24) is 10.2 Å². The van der Waals surface area contributed by atoms with Crippen molar-refractivity contribution in [2.45, 2.75) is 13.8 Å². The number of rotatable bonds is 6. The molecular weight excluding hydrogens is 356 g/mol. The van der Waals surface area contributed by atoms with E-state index in [1.807, 2.05) is 44.2 Å². The van der Waals surface area contributed by atoms with E-state index in [1.165, 1.54) is 5.56 Å².